The molecular weight excluding hydrogens is 310 g/mol. The summed E-state index contributed by atoms with van der Waals surface area (Å²) in [6.45, 7) is 1.32. The number of rotatable bonds is 5. The van der Waals surface area contributed by atoms with E-state index < -0.39 is 10.0 Å². The minimum Gasteiger partial charge on any atom is -0.494 e. The van der Waals surface area contributed by atoms with Crippen LogP contribution in [0.4, 0.5) is 0 Å². The third-order valence-electron chi connectivity index (χ3n) is 3.67. The van der Waals surface area contributed by atoms with E-state index in [0.717, 1.165) is 25.2 Å². The Morgan fingerprint density at radius 3 is 3.24 bits per heavy atom. The second-order valence-corrected chi connectivity index (χ2v) is 7.90. The number of ether oxygens (including phenoxy) is 1. The molecule has 3 heterocycles. The SMILES string of the molecule is COc1ccsc1S(=O)(=O)NC[C@H]1CCn2ccnc2C1. The third-order valence-corrected chi connectivity index (χ3v) is 6.54. The van der Waals surface area contributed by atoms with E-state index in [9.17, 15) is 8.42 Å². The molecule has 21 heavy (non-hydrogen) atoms. The first-order valence-electron chi connectivity index (χ1n) is 6.71. The minimum absolute atomic E-state index is 0.238. The molecule has 0 saturated heterocycles. The summed E-state index contributed by atoms with van der Waals surface area (Å²) >= 11 is 1.17. The fourth-order valence-corrected chi connectivity index (χ4v) is 4.95. The number of imidazole rings is 1. The van der Waals surface area contributed by atoms with E-state index in [4.69, 9.17) is 4.74 Å². The Kier molecular flexibility index (Phi) is 4.01. The maximum atomic E-state index is 12.3. The summed E-state index contributed by atoms with van der Waals surface area (Å²) in [5.74, 6) is 1.70. The summed E-state index contributed by atoms with van der Waals surface area (Å²) in [5, 5.41) is 1.71. The number of aromatic nitrogens is 2. The van der Waals surface area contributed by atoms with Gasteiger partial charge in [-0.25, -0.2) is 18.1 Å². The molecule has 0 bridgehead atoms. The number of fused-ring (bicyclic) bond motifs is 1. The molecule has 0 saturated carbocycles. The van der Waals surface area contributed by atoms with Crippen LogP contribution in [0, 0.1) is 5.92 Å². The van der Waals surface area contributed by atoms with Crippen LogP contribution >= 0.6 is 11.3 Å². The van der Waals surface area contributed by atoms with Gasteiger partial charge >= 0.3 is 0 Å². The largest absolute Gasteiger partial charge is 0.494 e. The van der Waals surface area contributed by atoms with Crippen molar-refractivity contribution in [1.82, 2.24) is 14.3 Å². The first-order chi connectivity index (χ1) is 10.1. The number of thiophene rings is 1. The van der Waals surface area contributed by atoms with E-state index in [1.165, 1.54) is 18.4 Å². The van der Waals surface area contributed by atoms with Gasteiger partial charge in [0.2, 0.25) is 0 Å². The van der Waals surface area contributed by atoms with Gasteiger partial charge < -0.3 is 9.30 Å². The second kappa shape index (κ2) is 5.78. The van der Waals surface area contributed by atoms with Crippen molar-refractivity contribution in [3.8, 4) is 5.75 Å². The van der Waals surface area contributed by atoms with Gasteiger partial charge in [-0.15, -0.1) is 11.3 Å². The number of nitrogens with zero attached hydrogens (tertiary/aromatic N) is 2. The van der Waals surface area contributed by atoms with Crippen molar-refractivity contribution < 1.29 is 13.2 Å². The topological polar surface area (TPSA) is 73.2 Å². The van der Waals surface area contributed by atoms with E-state index in [-0.39, 0.29) is 10.1 Å². The normalized spacial score (nSPS) is 18.4. The van der Waals surface area contributed by atoms with E-state index in [0.29, 0.717) is 12.3 Å². The zero-order valence-electron chi connectivity index (χ0n) is 11.7. The van der Waals surface area contributed by atoms with Gasteiger partial charge in [-0.05, 0) is 23.8 Å². The lowest BCUT2D eigenvalue weighted by molar-refractivity contribution is 0.378. The molecule has 1 aliphatic rings. The molecule has 1 N–H and O–H groups in total. The van der Waals surface area contributed by atoms with E-state index >= 15 is 0 Å². The van der Waals surface area contributed by atoms with Crippen LogP contribution in [0.1, 0.15) is 12.2 Å². The van der Waals surface area contributed by atoms with Gasteiger partial charge in [0, 0.05) is 31.9 Å². The summed E-state index contributed by atoms with van der Waals surface area (Å²) in [4.78, 5) is 4.30. The molecule has 3 rings (SSSR count). The first-order valence-corrected chi connectivity index (χ1v) is 9.07. The molecular formula is C13H17N3O3S2. The molecule has 114 valence electrons. The molecule has 8 heteroatoms. The molecule has 0 aliphatic carbocycles. The molecule has 2 aromatic rings. The van der Waals surface area contributed by atoms with Crippen LogP contribution < -0.4 is 9.46 Å². The number of hydrogen-bond acceptors (Lipinski definition) is 5. The Labute approximate surface area is 127 Å². The number of methoxy groups -OCH3 is 1. The summed E-state index contributed by atoms with van der Waals surface area (Å²) in [7, 11) is -2.03. The maximum absolute atomic E-state index is 12.3. The van der Waals surface area contributed by atoms with Crippen molar-refractivity contribution in [1.29, 1.82) is 0 Å². The zero-order chi connectivity index (χ0) is 14.9. The van der Waals surface area contributed by atoms with E-state index in [1.54, 1.807) is 17.6 Å². The molecule has 1 aliphatic heterocycles. The Bertz CT molecular complexity index is 721. The highest BCUT2D eigenvalue weighted by molar-refractivity contribution is 7.91. The van der Waals surface area contributed by atoms with Crippen molar-refractivity contribution in [3.63, 3.8) is 0 Å². The number of hydrogen-bond donors (Lipinski definition) is 1. The molecule has 0 unspecified atom stereocenters. The van der Waals surface area contributed by atoms with Crippen LogP contribution in [-0.4, -0.2) is 31.6 Å². The van der Waals surface area contributed by atoms with Crippen LogP contribution in [0.25, 0.3) is 0 Å². The van der Waals surface area contributed by atoms with Crippen LogP contribution in [0.15, 0.2) is 28.0 Å². The highest BCUT2D eigenvalue weighted by atomic mass is 32.2. The van der Waals surface area contributed by atoms with Crippen molar-refractivity contribution in [2.45, 2.75) is 23.6 Å². The van der Waals surface area contributed by atoms with Crippen molar-refractivity contribution in [3.05, 3.63) is 29.7 Å². The van der Waals surface area contributed by atoms with Gasteiger partial charge in [-0.1, -0.05) is 0 Å². The molecule has 0 spiro atoms. The Morgan fingerprint density at radius 2 is 2.43 bits per heavy atom. The fraction of sp³-hybridized carbons (Fsp3) is 0.462. The number of nitrogens with one attached hydrogen (secondary N) is 1. The summed E-state index contributed by atoms with van der Waals surface area (Å²) < 4.78 is 34.7. The van der Waals surface area contributed by atoms with Crippen LogP contribution in [-0.2, 0) is 23.0 Å². The lowest BCUT2D eigenvalue weighted by Gasteiger charge is -2.23. The molecule has 2 aromatic heterocycles. The van der Waals surface area contributed by atoms with Gasteiger partial charge in [0.1, 0.15) is 11.6 Å². The second-order valence-electron chi connectivity index (χ2n) is 5.02. The quantitative estimate of drug-likeness (QED) is 0.903. The monoisotopic (exact) mass is 327 g/mol. The van der Waals surface area contributed by atoms with Crippen LogP contribution in [0.5, 0.6) is 5.75 Å². The lowest BCUT2D eigenvalue weighted by atomic mass is 9.98. The summed E-state index contributed by atoms with van der Waals surface area (Å²) in [5.41, 5.74) is 0. The van der Waals surface area contributed by atoms with E-state index in [2.05, 4.69) is 14.3 Å². The first kappa shape index (κ1) is 14.6. The number of sulfonamides is 1. The van der Waals surface area contributed by atoms with Gasteiger partial charge in [-0.2, -0.15) is 0 Å². The van der Waals surface area contributed by atoms with Crippen LogP contribution in [0.3, 0.4) is 0 Å². The lowest BCUT2D eigenvalue weighted by Crippen LogP contribution is -2.33. The predicted molar refractivity (Wildman–Crippen MR) is 80.1 cm³/mol. The van der Waals surface area contributed by atoms with Crippen molar-refractivity contribution in [2.75, 3.05) is 13.7 Å². The highest BCUT2D eigenvalue weighted by Gasteiger charge is 2.24. The average Bonchev–Trinajstić information content (AvgIpc) is 3.13. The van der Waals surface area contributed by atoms with Crippen molar-refractivity contribution in [2.24, 2.45) is 5.92 Å². The van der Waals surface area contributed by atoms with Gasteiger partial charge in [0.15, 0.2) is 4.21 Å². The highest BCUT2D eigenvalue weighted by Crippen LogP contribution is 2.29. The molecule has 0 radical (unpaired) electrons. The average molecular weight is 327 g/mol. The molecule has 0 aromatic carbocycles. The smallest absolute Gasteiger partial charge is 0.253 e. The molecule has 0 fully saturated rings. The number of aryl methyl sites for hydroxylation is 1. The Morgan fingerprint density at radius 1 is 1.57 bits per heavy atom. The van der Waals surface area contributed by atoms with Crippen LogP contribution in [0.2, 0.25) is 0 Å². The Hall–Kier alpha value is -1.38. The fourth-order valence-electron chi connectivity index (χ4n) is 2.51. The molecule has 1 atom stereocenters. The van der Waals surface area contributed by atoms with E-state index in [1.807, 2.05) is 6.20 Å². The van der Waals surface area contributed by atoms with Gasteiger partial charge in [0.05, 0.1) is 7.11 Å². The maximum Gasteiger partial charge on any atom is 0.253 e. The van der Waals surface area contributed by atoms with Gasteiger partial charge in [0.25, 0.3) is 10.0 Å². The Balaban J connectivity index is 1.65. The zero-order valence-corrected chi connectivity index (χ0v) is 13.3. The van der Waals surface area contributed by atoms with Gasteiger partial charge in [-0.3, -0.25) is 0 Å². The third kappa shape index (κ3) is 2.97. The molecule has 6 nitrogen and oxygen atoms in total. The summed E-state index contributed by atoms with van der Waals surface area (Å²) in [6.07, 6.45) is 5.51. The minimum atomic E-state index is -3.51. The standard InChI is InChI=1S/C13H17N3O3S2/c1-19-11-3-7-20-13(11)21(17,18)15-9-10-2-5-16-6-4-14-12(16)8-10/h3-4,6-7,10,15H,2,5,8-9H2,1H3/t10-/m0/s1. The predicted octanol–water partition coefficient (Wildman–Crippen LogP) is 1.49. The van der Waals surface area contributed by atoms with Crippen molar-refractivity contribution >= 4 is 21.4 Å². The molecule has 0 amide bonds. The summed E-state index contributed by atoms with van der Waals surface area (Å²) in [6, 6.07) is 1.66.